The molecule has 0 spiro atoms. The van der Waals surface area contributed by atoms with E-state index >= 15 is 0 Å². The average molecular weight is 298 g/mol. The summed E-state index contributed by atoms with van der Waals surface area (Å²) < 4.78 is 0.894. The van der Waals surface area contributed by atoms with E-state index in [0.29, 0.717) is 5.56 Å². The summed E-state index contributed by atoms with van der Waals surface area (Å²) in [6.45, 7) is -0.223. The first kappa shape index (κ1) is 12.1. The van der Waals surface area contributed by atoms with Crippen LogP contribution in [0.4, 0.5) is 0 Å². The standard InChI is InChI=1S/C12H12BrNO3/c13-9-3-1-8(2-4-9)12(17)14(7-11(15)16)10-5-6-10/h1-4,10H,5-7H2,(H,15,16). The van der Waals surface area contributed by atoms with Crippen molar-refractivity contribution in [2.24, 2.45) is 0 Å². The number of halogens is 1. The quantitative estimate of drug-likeness (QED) is 0.926. The first-order valence-electron chi connectivity index (χ1n) is 5.36. The van der Waals surface area contributed by atoms with Crippen LogP contribution in [0.3, 0.4) is 0 Å². The Morgan fingerprint density at radius 1 is 1.29 bits per heavy atom. The second-order valence-electron chi connectivity index (χ2n) is 4.06. The highest BCUT2D eigenvalue weighted by molar-refractivity contribution is 9.10. The van der Waals surface area contributed by atoms with E-state index in [0.717, 1.165) is 17.3 Å². The predicted molar refractivity (Wildman–Crippen MR) is 65.8 cm³/mol. The molecule has 0 unspecified atom stereocenters. The number of nitrogens with zero attached hydrogens (tertiary/aromatic N) is 1. The maximum atomic E-state index is 12.1. The average Bonchev–Trinajstić information content (AvgIpc) is 3.09. The van der Waals surface area contributed by atoms with E-state index in [-0.39, 0.29) is 18.5 Å². The number of rotatable bonds is 4. The summed E-state index contributed by atoms with van der Waals surface area (Å²) in [6.07, 6.45) is 1.80. The molecule has 90 valence electrons. The number of hydrogen-bond acceptors (Lipinski definition) is 2. The SMILES string of the molecule is O=C(O)CN(C(=O)c1ccc(Br)cc1)C1CC1. The van der Waals surface area contributed by atoms with Crippen LogP contribution in [0.1, 0.15) is 23.2 Å². The van der Waals surface area contributed by atoms with Crippen molar-refractivity contribution in [2.75, 3.05) is 6.54 Å². The Morgan fingerprint density at radius 2 is 1.88 bits per heavy atom. The number of carboxylic acid groups (broad SMARTS) is 1. The zero-order valence-corrected chi connectivity index (χ0v) is 10.7. The van der Waals surface area contributed by atoms with Gasteiger partial charge in [0.05, 0.1) is 0 Å². The van der Waals surface area contributed by atoms with Gasteiger partial charge in [0, 0.05) is 16.1 Å². The summed E-state index contributed by atoms with van der Waals surface area (Å²) in [7, 11) is 0. The number of carbonyl (C=O) groups excluding carboxylic acids is 1. The van der Waals surface area contributed by atoms with E-state index in [4.69, 9.17) is 5.11 Å². The summed E-state index contributed by atoms with van der Waals surface area (Å²) in [4.78, 5) is 24.3. The van der Waals surface area contributed by atoms with Crippen molar-refractivity contribution in [3.63, 3.8) is 0 Å². The van der Waals surface area contributed by atoms with Crippen LogP contribution >= 0.6 is 15.9 Å². The Labute approximate surface area is 107 Å². The Bertz CT molecular complexity index is 440. The van der Waals surface area contributed by atoms with Gasteiger partial charge in [0.15, 0.2) is 0 Å². The summed E-state index contributed by atoms with van der Waals surface area (Å²) in [6, 6.07) is 7.05. The Hall–Kier alpha value is -1.36. The fourth-order valence-electron chi connectivity index (χ4n) is 1.66. The highest BCUT2D eigenvalue weighted by Gasteiger charge is 2.34. The van der Waals surface area contributed by atoms with E-state index in [1.807, 2.05) is 0 Å². The molecular formula is C12H12BrNO3. The zero-order valence-electron chi connectivity index (χ0n) is 9.10. The van der Waals surface area contributed by atoms with Gasteiger partial charge < -0.3 is 10.0 Å². The van der Waals surface area contributed by atoms with Crippen LogP contribution in [-0.2, 0) is 4.79 Å². The van der Waals surface area contributed by atoms with E-state index in [1.54, 1.807) is 24.3 Å². The zero-order chi connectivity index (χ0) is 12.4. The number of hydrogen-bond donors (Lipinski definition) is 1. The first-order chi connectivity index (χ1) is 8.08. The fraction of sp³-hybridized carbons (Fsp3) is 0.333. The summed E-state index contributed by atoms with van der Waals surface area (Å²) >= 11 is 3.29. The lowest BCUT2D eigenvalue weighted by Gasteiger charge is -2.20. The van der Waals surface area contributed by atoms with Crippen LogP contribution in [0.5, 0.6) is 0 Å². The second kappa shape index (κ2) is 4.87. The van der Waals surface area contributed by atoms with Gasteiger partial charge in [0.1, 0.15) is 6.54 Å². The van der Waals surface area contributed by atoms with Gasteiger partial charge in [-0.1, -0.05) is 15.9 Å². The normalized spacial score (nSPS) is 14.4. The monoisotopic (exact) mass is 297 g/mol. The molecule has 0 atom stereocenters. The molecule has 1 N–H and O–H groups in total. The van der Waals surface area contributed by atoms with Gasteiger partial charge in [0.2, 0.25) is 0 Å². The Morgan fingerprint density at radius 3 is 2.35 bits per heavy atom. The smallest absolute Gasteiger partial charge is 0.323 e. The third-order valence-corrected chi connectivity index (χ3v) is 3.17. The number of carboxylic acids is 1. The van der Waals surface area contributed by atoms with Gasteiger partial charge in [-0.25, -0.2) is 0 Å². The molecule has 0 radical (unpaired) electrons. The lowest BCUT2D eigenvalue weighted by Crippen LogP contribution is -2.37. The number of benzene rings is 1. The van der Waals surface area contributed by atoms with Crippen LogP contribution in [0.2, 0.25) is 0 Å². The molecule has 4 nitrogen and oxygen atoms in total. The highest BCUT2D eigenvalue weighted by Crippen LogP contribution is 2.28. The predicted octanol–water partition coefficient (Wildman–Crippen LogP) is 2.14. The highest BCUT2D eigenvalue weighted by atomic mass is 79.9. The minimum absolute atomic E-state index is 0.0993. The maximum absolute atomic E-state index is 12.1. The number of amides is 1. The number of carbonyl (C=O) groups is 2. The molecular weight excluding hydrogens is 286 g/mol. The van der Waals surface area contributed by atoms with Crippen LogP contribution in [0.25, 0.3) is 0 Å². The minimum Gasteiger partial charge on any atom is -0.480 e. The van der Waals surface area contributed by atoms with Crippen LogP contribution < -0.4 is 0 Å². The van der Waals surface area contributed by atoms with Crippen molar-refractivity contribution < 1.29 is 14.7 Å². The molecule has 2 rings (SSSR count). The molecule has 1 amide bonds. The van der Waals surface area contributed by atoms with Crippen molar-refractivity contribution in [3.05, 3.63) is 34.3 Å². The van der Waals surface area contributed by atoms with Crippen LogP contribution in [0, 0.1) is 0 Å². The third kappa shape index (κ3) is 3.06. The minimum atomic E-state index is -0.970. The maximum Gasteiger partial charge on any atom is 0.323 e. The van der Waals surface area contributed by atoms with Gasteiger partial charge in [-0.05, 0) is 37.1 Å². The Kier molecular flexibility index (Phi) is 3.47. The largest absolute Gasteiger partial charge is 0.480 e. The molecule has 1 aliphatic carbocycles. The lowest BCUT2D eigenvalue weighted by atomic mass is 10.2. The van der Waals surface area contributed by atoms with E-state index < -0.39 is 5.97 Å². The molecule has 17 heavy (non-hydrogen) atoms. The molecule has 1 aromatic carbocycles. The number of aliphatic carboxylic acids is 1. The van der Waals surface area contributed by atoms with Crippen molar-refractivity contribution in [2.45, 2.75) is 18.9 Å². The van der Waals surface area contributed by atoms with Crippen molar-refractivity contribution in [3.8, 4) is 0 Å². The van der Waals surface area contributed by atoms with Crippen LogP contribution in [-0.4, -0.2) is 34.5 Å². The van der Waals surface area contributed by atoms with Gasteiger partial charge in [0.25, 0.3) is 5.91 Å². The molecule has 0 aliphatic heterocycles. The van der Waals surface area contributed by atoms with E-state index in [2.05, 4.69) is 15.9 Å². The molecule has 0 saturated heterocycles. The van der Waals surface area contributed by atoms with Gasteiger partial charge in [-0.2, -0.15) is 0 Å². The first-order valence-corrected chi connectivity index (χ1v) is 6.15. The molecule has 1 aliphatic rings. The van der Waals surface area contributed by atoms with Gasteiger partial charge >= 0.3 is 5.97 Å². The molecule has 5 heteroatoms. The topological polar surface area (TPSA) is 57.6 Å². The van der Waals surface area contributed by atoms with E-state index in [9.17, 15) is 9.59 Å². The van der Waals surface area contributed by atoms with Crippen molar-refractivity contribution in [1.29, 1.82) is 0 Å². The molecule has 1 fully saturated rings. The lowest BCUT2D eigenvalue weighted by molar-refractivity contribution is -0.137. The second-order valence-corrected chi connectivity index (χ2v) is 4.98. The molecule has 1 aromatic rings. The van der Waals surface area contributed by atoms with Crippen molar-refractivity contribution in [1.82, 2.24) is 4.90 Å². The van der Waals surface area contributed by atoms with E-state index in [1.165, 1.54) is 4.90 Å². The molecule has 1 saturated carbocycles. The van der Waals surface area contributed by atoms with Crippen molar-refractivity contribution >= 4 is 27.8 Å². The summed E-state index contributed by atoms with van der Waals surface area (Å²) in [5, 5.41) is 8.80. The Balaban J connectivity index is 2.15. The van der Waals surface area contributed by atoms with Gasteiger partial charge in [-0.3, -0.25) is 9.59 Å². The molecule has 0 bridgehead atoms. The molecule has 0 heterocycles. The van der Waals surface area contributed by atoms with Crippen LogP contribution in [0.15, 0.2) is 28.7 Å². The fourth-order valence-corrected chi connectivity index (χ4v) is 1.92. The summed E-state index contributed by atoms with van der Waals surface area (Å²) in [5.41, 5.74) is 0.529. The summed E-state index contributed by atoms with van der Waals surface area (Å²) in [5.74, 6) is -1.18. The molecule has 0 aromatic heterocycles. The third-order valence-electron chi connectivity index (χ3n) is 2.65. The van der Waals surface area contributed by atoms with Gasteiger partial charge in [-0.15, -0.1) is 0 Å².